The topological polar surface area (TPSA) is 49.4 Å². The van der Waals surface area contributed by atoms with Gasteiger partial charge in [-0.15, -0.1) is 11.8 Å². The maximum Gasteiger partial charge on any atom is 0.243 e. The quantitative estimate of drug-likeness (QED) is 0.276. The summed E-state index contributed by atoms with van der Waals surface area (Å²) in [5, 5.41) is 3.08. The fourth-order valence-corrected chi connectivity index (χ4v) is 4.92. The van der Waals surface area contributed by atoms with Crippen molar-refractivity contribution >= 4 is 39.5 Å². The Labute approximate surface area is 228 Å². The van der Waals surface area contributed by atoms with E-state index >= 15 is 0 Å². The second kappa shape index (κ2) is 14.2. The Morgan fingerprint density at radius 2 is 1.53 bits per heavy atom. The zero-order chi connectivity index (χ0) is 25.9. The van der Waals surface area contributed by atoms with Gasteiger partial charge in [-0.1, -0.05) is 102 Å². The molecule has 190 valence electrons. The number of amides is 2. The van der Waals surface area contributed by atoms with Crippen molar-refractivity contribution in [3.05, 3.63) is 106 Å². The molecule has 6 heteroatoms. The zero-order valence-electron chi connectivity index (χ0n) is 21.2. The number of aryl methyl sites for hydroxylation is 1. The maximum atomic E-state index is 13.7. The van der Waals surface area contributed by atoms with Gasteiger partial charge in [-0.25, -0.2) is 0 Å². The average molecular weight is 568 g/mol. The summed E-state index contributed by atoms with van der Waals surface area (Å²) in [7, 11) is 0. The maximum absolute atomic E-state index is 13.7. The average Bonchev–Trinajstić information content (AvgIpc) is 2.87. The summed E-state index contributed by atoms with van der Waals surface area (Å²) < 4.78 is 1.03. The van der Waals surface area contributed by atoms with Crippen LogP contribution in [0.1, 0.15) is 36.1 Å². The van der Waals surface area contributed by atoms with Gasteiger partial charge in [-0.3, -0.25) is 9.59 Å². The number of nitrogens with one attached hydrogen (secondary N) is 1. The van der Waals surface area contributed by atoms with E-state index in [4.69, 9.17) is 0 Å². The van der Waals surface area contributed by atoms with E-state index in [0.29, 0.717) is 31.2 Å². The first-order chi connectivity index (χ1) is 17.3. The first-order valence-electron chi connectivity index (χ1n) is 12.3. The molecular weight excluding hydrogens is 532 g/mol. The molecule has 36 heavy (non-hydrogen) atoms. The molecule has 0 saturated heterocycles. The van der Waals surface area contributed by atoms with Crippen molar-refractivity contribution < 1.29 is 9.59 Å². The molecule has 0 aliphatic carbocycles. The third-order valence-corrected chi connectivity index (χ3v) is 7.35. The summed E-state index contributed by atoms with van der Waals surface area (Å²) in [6, 6.07) is 25.7. The van der Waals surface area contributed by atoms with Crippen LogP contribution in [0.3, 0.4) is 0 Å². The molecule has 1 atom stereocenters. The molecule has 1 N–H and O–H groups in total. The van der Waals surface area contributed by atoms with Gasteiger partial charge in [-0.2, -0.15) is 0 Å². The highest BCUT2D eigenvalue weighted by Gasteiger charge is 2.30. The van der Waals surface area contributed by atoms with Crippen molar-refractivity contribution in [3.8, 4) is 0 Å². The lowest BCUT2D eigenvalue weighted by molar-refractivity contribution is -0.139. The van der Waals surface area contributed by atoms with Crippen LogP contribution in [-0.4, -0.2) is 35.1 Å². The molecule has 0 bridgehead atoms. The molecule has 0 aromatic heterocycles. The predicted molar refractivity (Wildman–Crippen MR) is 154 cm³/mol. The van der Waals surface area contributed by atoms with Crippen LogP contribution >= 0.6 is 27.7 Å². The molecule has 0 spiro atoms. The second-order valence-electron chi connectivity index (χ2n) is 9.47. The molecule has 0 heterocycles. The van der Waals surface area contributed by atoms with Gasteiger partial charge in [0.05, 0.1) is 5.75 Å². The van der Waals surface area contributed by atoms with Gasteiger partial charge in [-0.05, 0) is 41.7 Å². The minimum absolute atomic E-state index is 0.0293. The SMILES string of the molecule is Cc1ccc(CN(C(=O)CSCc2ccc(Br)cc2)C(Cc2ccccc2)C(=O)NCC(C)C)cc1. The van der Waals surface area contributed by atoms with Gasteiger partial charge in [0.2, 0.25) is 11.8 Å². The monoisotopic (exact) mass is 566 g/mol. The Hall–Kier alpha value is -2.57. The second-order valence-corrected chi connectivity index (χ2v) is 11.4. The largest absolute Gasteiger partial charge is 0.354 e. The van der Waals surface area contributed by atoms with Crippen LogP contribution in [0.4, 0.5) is 0 Å². The zero-order valence-corrected chi connectivity index (χ0v) is 23.6. The molecule has 0 radical (unpaired) electrons. The van der Waals surface area contributed by atoms with Crippen LogP contribution in [0.2, 0.25) is 0 Å². The summed E-state index contributed by atoms with van der Waals surface area (Å²) in [5.41, 5.74) is 4.38. The van der Waals surface area contributed by atoms with E-state index in [-0.39, 0.29) is 11.8 Å². The summed E-state index contributed by atoms with van der Waals surface area (Å²) in [6.45, 7) is 7.16. The summed E-state index contributed by atoms with van der Waals surface area (Å²) >= 11 is 5.04. The molecule has 4 nitrogen and oxygen atoms in total. The smallest absolute Gasteiger partial charge is 0.243 e. The van der Waals surface area contributed by atoms with Gasteiger partial charge in [0.25, 0.3) is 0 Å². The number of nitrogens with zero attached hydrogens (tertiary/aromatic N) is 1. The van der Waals surface area contributed by atoms with Crippen molar-refractivity contribution in [2.24, 2.45) is 5.92 Å². The number of carbonyl (C=O) groups is 2. The third-order valence-electron chi connectivity index (χ3n) is 5.84. The highest BCUT2D eigenvalue weighted by atomic mass is 79.9. The van der Waals surface area contributed by atoms with E-state index in [2.05, 4.69) is 47.2 Å². The van der Waals surface area contributed by atoms with Crippen LogP contribution in [0.15, 0.2) is 83.3 Å². The molecule has 3 aromatic carbocycles. The van der Waals surface area contributed by atoms with E-state index in [1.54, 1.807) is 16.7 Å². The number of benzene rings is 3. The first kappa shape index (κ1) is 28.0. The molecule has 3 aromatic rings. The molecule has 1 unspecified atom stereocenters. The van der Waals surface area contributed by atoms with Gasteiger partial charge in [0.1, 0.15) is 6.04 Å². The standard InChI is InChI=1S/C30H35BrN2O2S/c1-22(2)18-32-30(35)28(17-24-7-5-4-6-8-24)33(19-25-11-9-23(3)10-12-25)29(34)21-36-20-26-13-15-27(31)16-14-26/h4-16,22,28H,17-21H2,1-3H3,(H,32,35). The summed E-state index contributed by atoms with van der Waals surface area (Å²) in [5.74, 6) is 1.24. The summed E-state index contributed by atoms with van der Waals surface area (Å²) in [6.07, 6.45) is 0.472. The van der Waals surface area contributed by atoms with Gasteiger partial charge < -0.3 is 10.2 Å². The van der Waals surface area contributed by atoms with Gasteiger partial charge >= 0.3 is 0 Å². The summed E-state index contributed by atoms with van der Waals surface area (Å²) in [4.78, 5) is 28.9. The molecule has 0 fully saturated rings. The van der Waals surface area contributed by atoms with Crippen molar-refractivity contribution in [1.29, 1.82) is 0 Å². The van der Waals surface area contributed by atoms with Crippen molar-refractivity contribution in [1.82, 2.24) is 10.2 Å². The lowest BCUT2D eigenvalue weighted by Gasteiger charge is -2.32. The van der Waals surface area contributed by atoms with Crippen molar-refractivity contribution in [3.63, 3.8) is 0 Å². The molecule has 0 aliphatic rings. The Kier molecular flexibility index (Phi) is 11.1. The molecule has 0 aliphatic heterocycles. The van der Waals surface area contributed by atoms with Crippen molar-refractivity contribution in [2.75, 3.05) is 12.3 Å². The minimum atomic E-state index is -0.590. The van der Waals surface area contributed by atoms with Crippen LogP contribution in [0.25, 0.3) is 0 Å². The number of rotatable bonds is 12. The predicted octanol–water partition coefficient (Wildman–Crippen LogP) is 6.40. The number of halogens is 1. The molecule has 2 amide bonds. The Balaban J connectivity index is 1.82. The number of hydrogen-bond donors (Lipinski definition) is 1. The van der Waals surface area contributed by atoms with Crippen LogP contribution in [0.5, 0.6) is 0 Å². The number of hydrogen-bond acceptors (Lipinski definition) is 3. The normalized spacial score (nSPS) is 11.8. The van der Waals surface area contributed by atoms with Crippen LogP contribution in [0, 0.1) is 12.8 Å². The number of carbonyl (C=O) groups excluding carboxylic acids is 2. The van der Waals surface area contributed by atoms with E-state index in [1.165, 1.54) is 0 Å². The van der Waals surface area contributed by atoms with Crippen LogP contribution in [-0.2, 0) is 28.3 Å². The Morgan fingerprint density at radius 3 is 2.17 bits per heavy atom. The molecule has 0 saturated carbocycles. The van der Waals surface area contributed by atoms with E-state index in [9.17, 15) is 9.59 Å². The molecule has 3 rings (SSSR count). The van der Waals surface area contributed by atoms with E-state index in [0.717, 1.165) is 32.5 Å². The molecular formula is C30H35BrN2O2S. The lowest BCUT2D eigenvalue weighted by atomic mass is 10.0. The van der Waals surface area contributed by atoms with Crippen molar-refractivity contribution in [2.45, 2.75) is 45.5 Å². The van der Waals surface area contributed by atoms with E-state index < -0.39 is 6.04 Å². The number of thioether (sulfide) groups is 1. The van der Waals surface area contributed by atoms with Gasteiger partial charge in [0, 0.05) is 29.7 Å². The fourth-order valence-electron chi connectivity index (χ4n) is 3.79. The highest BCUT2D eigenvalue weighted by molar-refractivity contribution is 9.10. The van der Waals surface area contributed by atoms with E-state index in [1.807, 2.05) is 73.7 Å². The highest BCUT2D eigenvalue weighted by Crippen LogP contribution is 2.20. The minimum Gasteiger partial charge on any atom is -0.354 e. The third kappa shape index (κ3) is 9.14. The fraction of sp³-hybridized carbons (Fsp3) is 0.333. The lowest BCUT2D eigenvalue weighted by Crippen LogP contribution is -2.51. The Bertz CT molecular complexity index is 1100. The van der Waals surface area contributed by atoms with Gasteiger partial charge in [0.15, 0.2) is 0 Å². The Morgan fingerprint density at radius 1 is 0.889 bits per heavy atom. The first-order valence-corrected chi connectivity index (χ1v) is 14.3. The van der Waals surface area contributed by atoms with Crippen LogP contribution < -0.4 is 5.32 Å².